The summed E-state index contributed by atoms with van der Waals surface area (Å²) < 4.78 is 10.6. The summed E-state index contributed by atoms with van der Waals surface area (Å²) >= 11 is 1.07. The Kier molecular flexibility index (Phi) is 5.94. The van der Waals surface area contributed by atoms with E-state index in [1.807, 2.05) is 0 Å². The third-order valence-corrected chi connectivity index (χ3v) is 4.56. The second kappa shape index (κ2) is 8.57. The van der Waals surface area contributed by atoms with Gasteiger partial charge in [-0.05, 0) is 19.1 Å². The molecule has 0 bridgehead atoms. The Hall–Kier alpha value is -3.34. The first kappa shape index (κ1) is 19.4. The molecule has 0 aliphatic heterocycles. The summed E-state index contributed by atoms with van der Waals surface area (Å²) in [5, 5.41) is 10.7. The highest BCUT2D eigenvalue weighted by atomic mass is 32.2. The maximum atomic E-state index is 12.1. The van der Waals surface area contributed by atoms with Crippen molar-refractivity contribution >= 4 is 23.4 Å². The molecule has 0 saturated heterocycles. The lowest BCUT2D eigenvalue weighted by Gasteiger charge is -2.08. The van der Waals surface area contributed by atoms with E-state index >= 15 is 0 Å². The molecule has 1 amide bonds. The van der Waals surface area contributed by atoms with Gasteiger partial charge >= 0.3 is 5.69 Å². The summed E-state index contributed by atoms with van der Waals surface area (Å²) in [6.07, 6.45) is 0.0684. The molecule has 0 aliphatic rings. The number of aromatic nitrogens is 4. The molecule has 2 heterocycles. The average molecular weight is 403 g/mol. The van der Waals surface area contributed by atoms with Crippen molar-refractivity contribution in [3.8, 4) is 5.75 Å². The van der Waals surface area contributed by atoms with Gasteiger partial charge in [-0.1, -0.05) is 23.9 Å². The van der Waals surface area contributed by atoms with Gasteiger partial charge in [-0.2, -0.15) is 0 Å². The van der Waals surface area contributed by atoms with E-state index in [1.165, 1.54) is 7.11 Å². The summed E-state index contributed by atoms with van der Waals surface area (Å²) in [4.78, 5) is 39.9. The van der Waals surface area contributed by atoms with Crippen LogP contribution < -0.4 is 21.3 Å². The molecule has 0 aliphatic carbocycles. The number of para-hydroxylation sites is 2. The summed E-state index contributed by atoms with van der Waals surface area (Å²) in [5.74, 6) is 0.552. The number of amides is 1. The first-order valence-electron chi connectivity index (χ1n) is 8.16. The first-order chi connectivity index (χ1) is 13.5. The molecule has 2 aromatic heterocycles. The number of aryl methyl sites for hydroxylation is 1. The number of hydrogen-bond donors (Lipinski definition) is 3. The van der Waals surface area contributed by atoms with E-state index in [-0.39, 0.29) is 29.2 Å². The van der Waals surface area contributed by atoms with E-state index in [1.54, 1.807) is 31.2 Å². The molecule has 0 atom stereocenters. The number of benzene rings is 1. The van der Waals surface area contributed by atoms with E-state index in [0.717, 1.165) is 11.8 Å². The molecular weight excluding hydrogens is 386 g/mol. The first-order valence-corrected chi connectivity index (χ1v) is 9.15. The number of anilines is 1. The monoisotopic (exact) mass is 403 g/mol. The molecule has 146 valence electrons. The van der Waals surface area contributed by atoms with Gasteiger partial charge in [0.2, 0.25) is 11.8 Å². The topological polar surface area (TPSA) is 143 Å². The Morgan fingerprint density at radius 1 is 1.25 bits per heavy atom. The van der Waals surface area contributed by atoms with E-state index < -0.39 is 11.2 Å². The zero-order valence-corrected chi connectivity index (χ0v) is 15.9. The fraction of sp³-hybridized carbons (Fsp3) is 0.235. The Bertz CT molecular complexity index is 1100. The second-order valence-corrected chi connectivity index (χ2v) is 6.61. The Balaban J connectivity index is 1.60. The lowest BCUT2D eigenvalue weighted by molar-refractivity contribution is -0.113. The van der Waals surface area contributed by atoms with Crippen LogP contribution in [-0.4, -0.2) is 38.9 Å². The smallest absolute Gasteiger partial charge is 0.325 e. The number of carbonyl (C=O) groups excluding carboxylic acids is 1. The lowest BCUT2D eigenvalue weighted by Crippen LogP contribution is -2.27. The van der Waals surface area contributed by atoms with E-state index in [9.17, 15) is 14.4 Å². The molecule has 3 N–H and O–H groups in total. The number of methoxy groups -OCH3 is 1. The normalized spacial score (nSPS) is 10.6. The van der Waals surface area contributed by atoms with Gasteiger partial charge in [0.25, 0.3) is 10.8 Å². The number of nitrogens with zero attached hydrogens (tertiary/aromatic N) is 2. The summed E-state index contributed by atoms with van der Waals surface area (Å²) in [7, 11) is 1.52. The minimum Gasteiger partial charge on any atom is -0.495 e. The van der Waals surface area contributed by atoms with Gasteiger partial charge in [0.05, 0.1) is 25.0 Å². The van der Waals surface area contributed by atoms with Gasteiger partial charge in [0, 0.05) is 11.3 Å². The van der Waals surface area contributed by atoms with Gasteiger partial charge in [0.1, 0.15) is 5.75 Å². The van der Waals surface area contributed by atoms with E-state index in [4.69, 9.17) is 9.15 Å². The van der Waals surface area contributed by atoms with Crippen LogP contribution in [0, 0.1) is 6.92 Å². The fourth-order valence-corrected chi connectivity index (χ4v) is 3.00. The highest BCUT2D eigenvalue weighted by Gasteiger charge is 2.14. The predicted octanol–water partition coefficient (Wildman–Crippen LogP) is 1.08. The highest BCUT2D eigenvalue weighted by molar-refractivity contribution is 7.99. The number of carbonyl (C=O) groups is 1. The van der Waals surface area contributed by atoms with Crippen molar-refractivity contribution in [2.75, 3.05) is 18.2 Å². The number of hydrogen-bond acceptors (Lipinski definition) is 8. The SMILES string of the molecule is COc1ccccc1NC(=O)CSc1nnc(Cc2c(C)[nH]c(=O)[nH]c2=O)o1. The Morgan fingerprint density at radius 3 is 2.79 bits per heavy atom. The predicted molar refractivity (Wildman–Crippen MR) is 102 cm³/mol. The van der Waals surface area contributed by atoms with E-state index in [2.05, 4.69) is 25.5 Å². The standard InChI is InChI=1S/C17H17N5O5S/c1-9-10(15(24)20-16(25)18-9)7-14-21-22-17(27-14)28-8-13(23)19-11-5-3-4-6-12(11)26-2/h3-6H,7-8H2,1-2H3,(H,19,23)(H2,18,20,24,25). The van der Waals surface area contributed by atoms with Crippen LogP contribution >= 0.6 is 11.8 Å². The van der Waals surface area contributed by atoms with Gasteiger partial charge < -0.3 is 19.5 Å². The van der Waals surface area contributed by atoms with Crippen LogP contribution in [0.4, 0.5) is 5.69 Å². The Labute approximate surface area is 162 Å². The van der Waals surface area contributed by atoms with Crippen molar-refractivity contribution in [3.05, 3.63) is 62.3 Å². The van der Waals surface area contributed by atoms with Crippen molar-refractivity contribution < 1.29 is 13.9 Å². The third kappa shape index (κ3) is 4.68. The summed E-state index contributed by atoms with van der Waals surface area (Å²) in [5.41, 5.74) is 0.236. The molecule has 0 unspecified atom stereocenters. The molecule has 3 rings (SSSR count). The molecule has 11 heteroatoms. The number of thioether (sulfide) groups is 1. The number of ether oxygens (including phenoxy) is 1. The third-order valence-electron chi connectivity index (χ3n) is 3.74. The summed E-state index contributed by atoms with van der Waals surface area (Å²) in [6.45, 7) is 1.61. The molecule has 28 heavy (non-hydrogen) atoms. The van der Waals surface area contributed by atoms with Crippen LogP contribution in [0.3, 0.4) is 0 Å². The number of nitrogens with one attached hydrogen (secondary N) is 3. The largest absolute Gasteiger partial charge is 0.495 e. The molecular formula is C17H17N5O5S. The molecule has 0 spiro atoms. The van der Waals surface area contributed by atoms with Gasteiger partial charge in [-0.15, -0.1) is 10.2 Å². The van der Waals surface area contributed by atoms with Crippen LogP contribution in [0.5, 0.6) is 5.75 Å². The van der Waals surface area contributed by atoms with Crippen molar-refractivity contribution in [1.82, 2.24) is 20.2 Å². The second-order valence-electron chi connectivity index (χ2n) is 5.69. The minimum atomic E-state index is -0.575. The van der Waals surface area contributed by atoms with Crippen LogP contribution in [0.15, 0.2) is 43.5 Å². The molecule has 0 fully saturated rings. The van der Waals surface area contributed by atoms with Gasteiger partial charge in [-0.3, -0.25) is 14.6 Å². The lowest BCUT2D eigenvalue weighted by atomic mass is 10.2. The Morgan fingerprint density at radius 2 is 2.04 bits per heavy atom. The quantitative estimate of drug-likeness (QED) is 0.497. The van der Waals surface area contributed by atoms with Crippen molar-refractivity contribution in [3.63, 3.8) is 0 Å². The number of aromatic amines is 2. The molecule has 3 aromatic rings. The number of rotatable bonds is 7. The summed E-state index contributed by atoms with van der Waals surface area (Å²) in [6, 6.07) is 7.07. The highest BCUT2D eigenvalue weighted by Crippen LogP contribution is 2.24. The van der Waals surface area contributed by atoms with Crippen molar-refractivity contribution in [1.29, 1.82) is 0 Å². The van der Waals surface area contributed by atoms with Crippen LogP contribution in [-0.2, 0) is 11.2 Å². The molecule has 10 nitrogen and oxygen atoms in total. The maximum Gasteiger partial charge on any atom is 0.325 e. The van der Waals surface area contributed by atoms with Gasteiger partial charge in [0.15, 0.2) is 0 Å². The van der Waals surface area contributed by atoms with Crippen LogP contribution in [0.2, 0.25) is 0 Å². The van der Waals surface area contributed by atoms with Crippen LogP contribution in [0.1, 0.15) is 17.1 Å². The molecule has 0 radical (unpaired) electrons. The molecule has 1 aromatic carbocycles. The van der Waals surface area contributed by atoms with Crippen molar-refractivity contribution in [2.45, 2.75) is 18.6 Å². The fourth-order valence-electron chi connectivity index (χ4n) is 2.42. The zero-order valence-electron chi connectivity index (χ0n) is 15.1. The zero-order chi connectivity index (χ0) is 20.1. The van der Waals surface area contributed by atoms with Crippen LogP contribution in [0.25, 0.3) is 0 Å². The van der Waals surface area contributed by atoms with E-state index in [0.29, 0.717) is 22.7 Å². The maximum absolute atomic E-state index is 12.1. The van der Waals surface area contributed by atoms with Crippen molar-refractivity contribution in [2.24, 2.45) is 0 Å². The minimum absolute atomic E-state index is 0.0535. The average Bonchev–Trinajstić information content (AvgIpc) is 3.11. The van der Waals surface area contributed by atoms with Gasteiger partial charge in [-0.25, -0.2) is 4.79 Å². The molecule has 0 saturated carbocycles. The number of H-pyrrole nitrogens is 2.